The first-order chi connectivity index (χ1) is 69.4. The van der Waals surface area contributed by atoms with Crippen molar-refractivity contribution in [2.45, 2.75) is 66.2 Å². The average Bonchev–Trinajstić information content (AvgIpc) is 0.695. The molecule has 4 nitrogen and oxygen atoms in total. The van der Waals surface area contributed by atoms with E-state index in [0.29, 0.717) is 32.6 Å². The highest BCUT2D eigenvalue weighted by Gasteiger charge is 2.31. The zero-order valence-electron chi connectivity index (χ0n) is 80.9. The zero-order valence-corrected chi connectivity index (χ0v) is 80.9. The van der Waals surface area contributed by atoms with Crippen molar-refractivity contribution in [3.05, 3.63) is 528 Å². The number of nitrogens with zero attached hydrogens (tertiary/aromatic N) is 2. The van der Waals surface area contributed by atoms with E-state index in [1.54, 1.807) is 0 Å². The first-order valence-corrected chi connectivity index (χ1v) is 49.3. The minimum Gasteiger partial charge on any atom is -0.309 e. The van der Waals surface area contributed by atoms with E-state index < -0.39 is 0 Å². The van der Waals surface area contributed by atoms with E-state index in [-0.39, 0.29) is 21.7 Å². The highest BCUT2D eigenvalue weighted by molar-refractivity contribution is 6.36. The molecular formula is C138H104N2O2. The van der Waals surface area contributed by atoms with Crippen molar-refractivity contribution < 1.29 is 0 Å². The molecule has 23 aromatic carbocycles. The smallest absolute Gasteiger partial charge is 0.197 e. The van der Waals surface area contributed by atoms with E-state index in [1.807, 2.05) is 121 Å². The van der Waals surface area contributed by atoms with Gasteiger partial charge in [0.05, 0.1) is 22.1 Å². The summed E-state index contributed by atoms with van der Waals surface area (Å²) in [4.78, 5) is 27.6. The summed E-state index contributed by atoms with van der Waals surface area (Å²) in [7, 11) is 0. The van der Waals surface area contributed by atoms with Gasteiger partial charge in [-0.25, -0.2) is 0 Å². The van der Waals surface area contributed by atoms with Gasteiger partial charge in [-0.1, -0.05) is 471 Å². The van der Waals surface area contributed by atoms with Crippen molar-refractivity contribution in [2.75, 3.05) is 0 Å². The van der Waals surface area contributed by atoms with Gasteiger partial charge in [0.15, 0.2) is 10.9 Å². The normalized spacial score (nSPS) is 11.7. The fourth-order valence-electron chi connectivity index (χ4n) is 21.8. The molecular weight excluding hydrogens is 1720 g/mol. The van der Waals surface area contributed by atoms with Crippen molar-refractivity contribution in [1.29, 1.82) is 0 Å². The van der Waals surface area contributed by atoms with Crippen LogP contribution in [0.4, 0.5) is 0 Å². The number of pyridine rings is 2. The second-order valence-corrected chi connectivity index (χ2v) is 39.6. The molecule has 0 unspecified atom stereocenters. The van der Waals surface area contributed by atoms with Gasteiger partial charge >= 0.3 is 0 Å². The van der Waals surface area contributed by atoms with E-state index in [2.05, 4.69) is 429 Å². The maximum Gasteiger partial charge on any atom is 0.197 e. The lowest BCUT2D eigenvalue weighted by Crippen LogP contribution is -2.14. The van der Waals surface area contributed by atoms with Crippen LogP contribution >= 0.6 is 0 Å². The summed E-state index contributed by atoms with van der Waals surface area (Å²) in [5.74, 6) is 0. The molecule has 0 saturated heterocycles. The first-order valence-electron chi connectivity index (χ1n) is 49.3. The molecule has 25 aromatic rings. The van der Waals surface area contributed by atoms with E-state index in [1.165, 1.54) is 198 Å². The molecule has 4 heteroatoms. The summed E-state index contributed by atoms with van der Waals surface area (Å²) in [5, 5.41) is 17.7. The van der Waals surface area contributed by atoms with Gasteiger partial charge in [0, 0.05) is 32.9 Å². The van der Waals surface area contributed by atoms with E-state index >= 15 is 0 Å². The summed E-state index contributed by atoms with van der Waals surface area (Å²) in [6.45, 7) is 18.3. The largest absolute Gasteiger partial charge is 0.309 e. The summed E-state index contributed by atoms with van der Waals surface area (Å²) in [6.07, 6.45) is 0. The van der Waals surface area contributed by atoms with Crippen molar-refractivity contribution >= 4 is 108 Å². The van der Waals surface area contributed by atoms with Crippen LogP contribution in [0, 0.1) is 13.8 Å². The Morgan fingerprint density at radius 2 is 0.380 bits per heavy atom. The molecule has 0 N–H and O–H groups in total. The van der Waals surface area contributed by atoms with Crippen LogP contribution in [0.3, 0.4) is 0 Å². The predicted molar refractivity (Wildman–Crippen MR) is 607 cm³/mol. The third-order valence-corrected chi connectivity index (χ3v) is 28.7. The standard InChI is InChI=1S/C64H56.C42H28.C32H20N2O2/c1-41-19-22-47(23-20-41)57-53-37-21-42(2)39-55(53)59(48-28-24-45(25-29-48)43-15-11-9-12-16-43)61-58(50-32-34-51(35-33-50)63(3,4)5)54-38-36-52(64(6,7)8)40-56(54)60(62(57)61)49-30-26-46(27-31-49)44-17-13-10-14-18-44;1-5-17-29(18-6-1)37-33-25-13-14-26-34(33)39(31-21-9-3-10-22-31)42-40(32-23-11-4-12-24-32)36-28-16-15-27-35(36)38(41(37)42)30-19-7-2-8-20-30;35-31-23-15-7-9-17-27(23)33(21-11-3-1-4-12-21)29-19-26-30(20-25(29)31)34(22-13-5-2-6-14-22)28-18-10-8-16-24(28)32(26)36/h9-40H,1-8H3;1-28H;1-20H. The van der Waals surface area contributed by atoms with Crippen LogP contribution in [0.15, 0.2) is 495 Å². The van der Waals surface area contributed by atoms with Crippen LogP contribution in [0.2, 0.25) is 0 Å². The molecule has 0 amide bonds. The summed E-state index contributed by atoms with van der Waals surface area (Å²) >= 11 is 0. The minimum absolute atomic E-state index is 0.0258. The SMILES string of the molecule is Cc1ccc(-c2c3ccc(C)cc3c(-c3ccc(-c4ccccc4)cc3)c3c(-c4ccc(C(C)(C)C)cc4)c4ccc(C(C)(C)C)cc4c(-c4ccc(-c5ccccc5)cc4)c23)cc1.O=c1c2ccccc2n(-c2ccccc2)c2cc3c(=O)c4ccccc4n(-c4ccccc4)c3cc12.c1ccc(-c2c3ccccc3c(-c3ccccc3)c3c(-c4ccccc4)c4ccccc4c(-c4ccccc4)c23)cc1. The van der Waals surface area contributed by atoms with Crippen LogP contribution in [0.5, 0.6) is 0 Å². The zero-order chi connectivity index (χ0) is 96.4. The molecule has 25 rings (SSSR count). The number of aryl methyl sites for hydroxylation is 2. The Morgan fingerprint density at radius 1 is 0.162 bits per heavy atom. The van der Waals surface area contributed by atoms with Crippen LogP contribution in [-0.2, 0) is 10.8 Å². The minimum atomic E-state index is -0.0571. The quantitative estimate of drug-likeness (QED) is 0.114. The number of hydrogen-bond donors (Lipinski definition) is 0. The summed E-state index contributed by atoms with van der Waals surface area (Å²) < 4.78 is 4.15. The Kier molecular flexibility index (Phi) is 22.9. The maximum atomic E-state index is 13.8. The van der Waals surface area contributed by atoms with Gasteiger partial charge in [-0.15, -0.1) is 0 Å². The number of fused-ring (bicyclic) bond motifs is 10. The second kappa shape index (κ2) is 36.8. The Balaban J connectivity index is 0.000000125. The number of hydrogen-bond acceptors (Lipinski definition) is 2. The Hall–Kier alpha value is -17.4. The third kappa shape index (κ3) is 16.0. The van der Waals surface area contributed by atoms with Crippen LogP contribution in [-0.4, -0.2) is 9.13 Å². The Bertz CT molecular complexity index is 8820. The number of rotatable bonds is 12. The van der Waals surface area contributed by atoms with Crippen molar-refractivity contribution in [3.63, 3.8) is 0 Å². The topological polar surface area (TPSA) is 44.0 Å². The Labute approximate surface area is 828 Å². The maximum absolute atomic E-state index is 13.8. The molecule has 2 heterocycles. The fourth-order valence-corrected chi connectivity index (χ4v) is 21.8. The van der Waals surface area contributed by atoms with Crippen molar-refractivity contribution in [1.82, 2.24) is 9.13 Å². The summed E-state index contributed by atoms with van der Waals surface area (Å²) in [5.41, 5.74) is 34.8. The lowest BCUT2D eigenvalue weighted by Gasteiger charge is -2.27. The highest BCUT2D eigenvalue weighted by Crippen LogP contribution is 2.57. The molecule has 0 atom stereocenters. The molecule has 2 aromatic heterocycles. The van der Waals surface area contributed by atoms with E-state index in [0.717, 1.165) is 22.4 Å². The molecule has 0 radical (unpaired) electrons. The molecule has 0 aliphatic rings. The van der Waals surface area contributed by atoms with Crippen LogP contribution in [0.1, 0.15) is 63.8 Å². The summed E-state index contributed by atoms with van der Waals surface area (Å²) in [6, 6.07) is 174. The van der Waals surface area contributed by atoms with E-state index in [4.69, 9.17) is 0 Å². The van der Waals surface area contributed by atoms with Gasteiger partial charge < -0.3 is 9.13 Å². The first kappa shape index (κ1) is 88.5. The molecule has 0 aliphatic carbocycles. The molecule has 0 aliphatic heterocycles. The van der Waals surface area contributed by atoms with Crippen LogP contribution in [0.25, 0.3) is 231 Å². The lowest BCUT2D eigenvalue weighted by atomic mass is 9.76. The average molecular weight is 1820 g/mol. The van der Waals surface area contributed by atoms with Gasteiger partial charge in [-0.05, 0) is 278 Å². The molecule has 678 valence electrons. The van der Waals surface area contributed by atoms with Crippen molar-refractivity contribution in [3.8, 4) is 123 Å². The van der Waals surface area contributed by atoms with Crippen molar-refractivity contribution in [2.24, 2.45) is 0 Å². The van der Waals surface area contributed by atoms with Crippen LogP contribution < -0.4 is 10.9 Å². The molecule has 0 spiro atoms. The van der Waals surface area contributed by atoms with Gasteiger partial charge in [0.1, 0.15) is 0 Å². The number of aromatic nitrogens is 2. The number of benzene rings is 23. The van der Waals surface area contributed by atoms with Gasteiger partial charge in [-0.2, -0.15) is 0 Å². The van der Waals surface area contributed by atoms with Gasteiger partial charge in [-0.3, -0.25) is 9.59 Å². The van der Waals surface area contributed by atoms with Gasteiger partial charge in [0.2, 0.25) is 0 Å². The van der Waals surface area contributed by atoms with Gasteiger partial charge in [0.25, 0.3) is 0 Å². The lowest BCUT2D eigenvalue weighted by molar-refractivity contribution is 0.590. The number of para-hydroxylation sites is 4. The van der Waals surface area contributed by atoms with E-state index in [9.17, 15) is 9.59 Å². The second-order valence-electron chi connectivity index (χ2n) is 39.6. The third-order valence-electron chi connectivity index (χ3n) is 28.7. The fraction of sp³-hybridized carbons (Fsp3) is 0.0725. The Morgan fingerprint density at radius 3 is 0.704 bits per heavy atom. The molecule has 0 fully saturated rings. The molecule has 142 heavy (non-hydrogen) atoms. The molecule has 0 bridgehead atoms. The monoisotopic (exact) mass is 1820 g/mol. The predicted octanol–water partition coefficient (Wildman–Crippen LogP) is 36.8. The molecule has 0 saturated carbocycles. The highest BCUT2D eigenvalue weighted by atomic mass is 16.1.